The molecule has 1 amide bonds. The largest absolute Gasteiger partial charge is 0.497 e. The molecule has 0 N–H and O–H groups in total. The van der Waals surface area contributed by atoms with Crippen molar-refractivity contribution in [3.8, 4) is 5.75 Å². The lowest BCUT2D eigenvalue weighted by Crippen LogP contribution is -2.39. The van der Waals surface area contributed by atoms with Crippen LogP contribution < -0.4 is 9.64 Å². The lowest BCUT2D eigenvalue weighted by atomic mass is 10.1. The maximum Gasteiger partial charge on any atom is 0.240 e. The third-order valence-electron chi connectivity index (χ3n) is 3.84. The second-order valence-electron chi connectivity index (χ2n) is 5.50. The Bertz CT molecular complexity index is 697. The Hall–Kier alpha value is -1.94. The molecule has 1 aliphatic rings. The molecule has 1 heterocycles. The number of benzene rings is 2. The molecule has 4 heteroatoms. The minimum atomic E-state index is -0.0787. The molecule has 0 saturated heterocycles. The minimum Gasteiger partial charge on any atom is -0.497 e. The van der Waals surface area contributed by atoms with E-state index in [2.05, 4.69) is 31.2 Å². The zero-order valence-electron chi connectivity index (χ0n) is 13.0. The molecule has 22 heavy (non-hydrogen) atoms. The second-order valence-corrected chi connectivity index (χ2v) is 6.89. The van der Waals surface area contributed by atoms with E-state index in [0.717, 1.165) is 21.9 Å². The van der Waals surface area contributed by atoms with Crippen LogP contribution in [0, 0.1) is 6.92 Å². The number of hydrogen-bond acceptors (Lipinski definition) is 3. The van der Waals surface area contributed by atoms with Crippen LogP contribution in [0.1, 0.15) is 18.1 Å². The third-order valence-corrected chi connectivity index (χ3v) is 4.97. The normalized spacial score (nSPS) is 17.3. The number of fused-ring (bicyclic) bond motifs is 1. The van der Waals surface area contributed by atoms with Crippen molar-refractivity contribution in [1.82, 2.24) is 0 Å². The van der Waals surface area contributed by atoms with Gasteiger partial charge in [0.05, 0.1) is 24.6 Å². The first-order chi connectivity index (χ1) is 10.6. The summed E-state index contributed by atoms with van der Waals surface area (Å²) in [5.41, 5.74) is 3.33. The fourth-order valence-electron chi connectivity index (χ4n) is 2.56. The van der Waals surface area contributed by atoms with E-state index in [0.29, 0.717) is 6.54 Å². The molecule has 0 aliphatic carbocycles. The summed E-state index contributed by atoms with van der Waals surface area (Å²) in [5.74, 6) is 0.978. The van der Waals surface area contributed by atoms with Gasteiger partial charge in [-0.1, -0.05) is 29.8 Å². The van der Waals surface area contributed by atoms with E-state index >= 15 is 0 Å². The summed E-state index contributed by atoms with van der Waals surface area (Å²) >= 11 is 1.60. The number of carbonyl (C=O) groups excluding carboxylic acids is 1. The highest BCUT2D eigenvalue weighted by Crippen LogP contribution is 2.41. The number of nitrogens with zero attached hydrogens (tertiary/aromatic N) is 1. The number of anilines is 1. The van der Waals surface area contributed by atoms with Gasteiger partial charge in [0.1, 0.15) is 5.75 Å². The number of amides is 1. The zero-order valence-corrected chi connectivity index (χ0v) is 13.8. The van der Waals surface area contributed by atoms with Crippen LogP contribution in [0.5, 0.6) is 5.75 Å². The average Bonchev–Trinajstić information content (AvgIpc) is 2.53. The lowest BCUT2D eigenvalue weighted by molar-refractivity contribution is -0.118. The first kappa shape index (κ1) is 15.0. The Morgan fingerprint density at radius 2 is 1.91 bits per heavy atom. The van der Waals surface area contributed by atoms with Crippen LogP contribution >= 0.6 is 11.8 Å². The molecule has 1 aliphatic heterocycles. The van der Waals surface area contributed by atoms with E-state index in [9.17, 15) is 4.79 Å². The maximum absolute atomic E-state index is 12.6. The molecule has 2 aromatic carbocycles. The summed E-state index contributed by atoms with van der Waals surface area (Å²) in [7, 11) is 1.66. The van der Waals surface area contributed by atoms with Crippen LogP contribution in [0.3, 0.4) is 0 Å². The van der Waals surface area contributed by atoms with Gasteiger partial charge in [0.15, 0.2) is 0 Å². The highest BCUT2D eigenvalue weighted by atomic mass is 32.2. The van der Waals surface area contributed by atoms with E-state index in [1.54, 1.807) is 18.9 Å². The first-order valence-electron chi connectivity index (χ1n) is 7.30. The van der Waals surface area contributed by atoms with Crippen molar-refractivity contribution in [2.45, 2.75) is 30.5 Å². The number of rotatable bonds is 3. The molecule has 1 unspecified atom stereocenters. The molecule has 0 spiro atoms. The van der Waals surface area contributed by atoms with Gasteiger partial charge in [0.25, 0.3) is 0 Å². The van der Waals surface area contributed by atoms with Crippen LogP contribution in [-0.4, -0.2) is 18.3 Å². The predicted molar refractivity (Wildman–Crippen MR) is 90.7 cm³/mol. The van der Waals surface area contributed by atoms with Gasteiger partial charge in [-0.3, -0.25) is 4.79 Å². The Labute approximate surface area is 135 Å². The third kappa shape index (κ3) is 2.83. The Balaban J connectivity index is 1.96. The van der Waals surface area contributed by atoms with Gasteiger partial charge < -0.3 is 9.64 Å². The van der Waals surface area contributed by atoms with Gasteiger partial charge in [-0.05, 0) is 37.6 Å². The molecule has 0 saturated carbocycles. The summed E-state index contributed by atoms with van der Waals surface area (Å²) in [5, 5.41) is -0.0787. The first-order valence-corrected chi connectivity index (χ1v) is 8.18. The Morgan fingerprint density at radius 1 is 1.18 bits per heavy atom. The van der Waals surface area contributed by atoms with E-state index in [1.807, 2.05) is 30.0 Å². The molecule has 0 fully saturated rings. The maximum atomic E-state index is 12.6. The average molecular weight is 313 g/mol. The molecule has 114 valence electrons. The van der Waals surface area contributed by atoms with Crippen LogP contribution in [0.15, 0.2) is 47.4 Å². The van der Waals surface area contributed by atoms with E-state index in [1.165, 1.54) is 5.56 Å². The Morgan fingerprint density at radius 3 is 2.59 bits per heavy atom. The Kier molecular flexibility index (Phi) is 4.12. The van der Waals surface area contributed by atoms with Crippen LogP contribution in [-0.2, 0) is 11.3 Å². The van der Waals surface area contributed by atoms with Gasteiger partial charge in [0.2, 0.25) is 5.91 Å². The quantitative estimate of drug-likeness (QED) is 0.857. The molecule has 0 aromatic heterocycles. The second kappa shape index (κ2) is 6.05. The van der Waals surface area contributed by atoms with Gasteiger partial charge in [-0.25, -0.2) is 0 Å². The zero-order chi connectivity index (χ0) is 15.7. The number of hydrogen-bond donors (Lipinski definition) is 0. The van der Waals surface area contributed by atoms with Crippen LogP contribution in [0.4, 0.5) is 5.69 Å². The summed E-state index contributed by atoms with van der Waals surface area (Å²) in [6, 6.07) is 14.2. The molecule has 3 nitrogen and oxygen atoms in total. The van der Waals surface area contributed by atoms with Crippen molar-refractivity contribution < 1.29 is 9.53 Å². The van der Waals surface area contributed by atoms with Crippen molar-refractivity contribution >= 4 is 23.4 Å². The monoisotopic (exact) mass is 313 g/mol. The van der Waals surface area contributed by atoms with Gasteiger partial charge in [-0.15, -0.1) is 11.8 Å². The summed E-state index contributed by atoms with van der Waals surface area (Å²) in [6.45, 7) is 4.62. The number of carbonyl (C=O) groups is 1. The number of ether oxygens (including phenoxy) is 1. The van der Waals surface area contributed by atoms with Crippen LogP contribution in [0.25, 0.3) is 0 Å². The van der Waals surface area contributed by atoms with Gasteiger partial charge in [0, 0.05) is 4.90 Å². The van der Waals surface area contributed by atoms with Crippen LogP contribution in [0.2, 0.25) is 0 Å². The summed E-state index contributed by atoms with van der Waals surface area (Å²) < 4.78 is 5.29. The van der Waals surface area contributed by atoms with Gasteiger partial charge in [-0.2, -0.15) is 0 Å². The molecule has 1 atom stereocenters. The number of methoxy groups -OCH3 is 1. The summed E-state index contributed by atoms with van der Waals surface area (Å²) in [4.78, 5) is 15.6. The smallest absolute Gasteiger partial charge is 0.240 e. The standard InChI is InChI=1S/C18H19NO2S/c1-12-4-6-14(7-5-12)11-19-16-9-8-15(21-3)10-17(16)22-13(2)18(19)20/h4-10,13H,11H2,1-3H3. The molecule has 3 rings (SSSR count). The fourth-order valence-corrected chi connectivity index (χ4v) is 3.65. The molecule has 2 aromatic rings. The van der Waals surface area contributed by atoms with Crippen molar-refractivity contribution in [1.29, 1.82) is 0 Å². The highest BCUT2D eigenvalue weighted by Gasteiger charge is 2.30. The highest BCUT2D eigenvalue weighted by molar-refractivity contribution is 8.01. The van der Waals surface area contributed by atoms with Gasteiger partial charge >= 0.3 is 0 Å². The predicted octanol–water partition coefficient (Wildman–Crippen LogP) is 4.03. The molecular formula is C18H19NO2S. The van der Waals surface area contributed by atoms with E-state index in [-0.39, 0.29) is 11.2 Å². The molecule has 0 bridgehead atoms. The van der Waals surface area contributed by atoms with Crippen molar-refractivity contribution in [3.63, 3.8) is 0 Å². The molecular weight excluding hydrogens is 294 g/mol. The van der Waals surface area contributed by atoms with Crippen molar-refractivity contribution in [2.75, 3.05) is 12.0 Å². The fraction of sp³-hybridized carbons (Fsp3) is 0.278. The number of thioether (sulfide) groups is 1. The minimum absolute atomic E-state index is 0.0787. The number of aryl methyl sites for hydroxylation is 1. The van der Waals surface area contributed by atoms with E-state index < -0.39 is 0 Å². The van der Waals surface area contributed by atoms with Crippen molar-refractivity contribution in [3.05, 3.63) is 53.6 Å². The lowest BCUT2D eigenvalue weighted by Gasteiger charge is -2.32. The molecule has 0 radical (unpaired) electrons. The van der Waals surface area contributed by atoms with E-state index in [4.69, 9.17) is 4.74 Å². The topological polar surface area (TPSA) is 29.5 Å². The summed E-state index contributed by atoms with van der Waals surface area (Å²) in [6.07, 6.45) is 0. The SMILES string of the molecule is COc1ccc2c(c1)SC(C)C(=O)N2Cc1ccc(C)cc1. The van der Waals surface area contributed by atoms with Crippen molar-refractivity contribution in [2.24, 2.45) is 0 Å².